The summed E-state index contributed by atoms with van der Waals surface area (Å²) in [6.45, 7) is 10.5. The van der Waals surface area contributed by atoms with Crippen molar-refractivity contribution in [3.63, 3.8) is 0 Å². The average Bonchev–Trinajstić information content (AvgIpc) is 2.59. The number of likely N-dealkylation sites (tertiary alicyclic amines) is 1. The van der Waals surface area contributed by atoms with Gasteiger partial charge in [-0.1, -0.05) is 30.3 Å². The van der Waals surface area contributed by atoms with Crippen LogP contribution in [-0.4, -0.2) is 55.6 Å². The number of hydrogen-bond acceptors (Lipinski definition) is 2. The Morgan fingerprint density at radius 1 is 1.46 bits per heavy atom. The van der Waals surface area contributed by atoms with Crippen molar-refractivity contribution in [1.82, 2.24) is 15.1 Å². The van der Waals surface area contributed by atoms with Gasteiger partial charge in [-0.3, -0.25) is 0 Å². The molecule has 1 aromatic rings. The smallest absolute Gasteiger partial charge is 0.317 e. The lowest BCUT2D eigenvalue weighted by Crippen LogP contribution is -2.45. The van der Waals surface area contributed by atoms with Crippen molar-refractivity contribution in [2.75, 3.05) is 39.8 Å². The largest absolute Gasteiger partial charge is 0.335 e. The highest BCUT2D eigenvalue weighted by molar-refractivity contribution is 5.73. The van der Waals surface area contributed by atoms with Gasteiger partial charge in [0.2, 0.25) is 0 Å². The lowest BCUT2D eigenvalue weighted by Gasteiger charge is -2.34. The minimum atomic E-state index is -0.00747. The molecule has 1 N–H and O–H groups in total. The molecule has 0 saturated carbocycles. The zero-order valence-corrected chi connectivity index (χ0v) is 15.1. The average molecular weight is 329 g/mol. The first-order valence-corrected chi connectivity index (χ1v) is 8.97. The van der Waals surface area contributed by atoms with Gasteiger partial charge in [0.1, 0.15) is 0 Å². The molecule has 0 bridgehead atoms. The van der Waals surface area contributed by atoms with Crippen molar-refractivity contribution in [3.8, 4) is 0 Å². The monoisotopic (exact) mass is 329 g/mol. The molecule has 24 heavy (non-hydrogen) atoms. The second-order valence-corrected chi connectivity index (χ2v) is 6.84. The third kappa shape index (κ3) is 5.68. The Labute approximate surface area is 146 Å². The van der Waals surface area contributed by atoms with Crippen LogP contribution >= 0.6 is 0 Å². The van der Waals surface area contributed by atoms with E-state index in [1.807, 2.05) is 7.05 Å². The van der Waals surface area contributed by atoms with E-state index in [4.69, 9.17) is 0 Å². The zero-order chi connectivity index (χ0) is 17.4. The number of aryl methyl sites for hydroxylation is 1. The normalized spacial score (nSPS) is 18.2. The molecule has 2 amide bonds. The molecule has 1 atom stereocenters. The molecule has 1 fully saturated rings. The van der Waals surface area contributed by atoms with Crippen molar-refractivity contribution < 1.29 is 4.79 Å². The summed E-state index contributed by atoms with van der Waals surface area (Å²) < 4.78 is 0. The molecule has 1 aliphatic heterocycles. The second kappa shape index (κ2) is 9.48. The van der Waals surface area contributed by atoms with Gasteiger partial charge in [-0.25, -0.2) is 4.79 Å². The molecule has 0 spiro atoms. The fourth-order valence-corrected chi connectivity index (χ4v) is 3.44. The van der Waals surface area contributed by atoms with E-state index in [1.165, 1.54) is 30.5 Å². The van der Waals surface area contributed by atoms with Crippen molar-refractivity contribution >= 4 is 6.03 Å². The van der Waals surface area contributed by atoms with E-state index in [-0.39, 0.29) is 6.03 Å². The Balaban J connectivity index is 1.78. The number of rotatable bonds is 7. The van der Waals surface area contributed by atoms with Crippen LogP contribution in [0, 0.1) is 12.8 Å². The number of hydrogen-bond donors (Lipinski definition) is 1. The van der Waals surface area contributed by atoms with Crippen molar-refractivity contribution in [1.29, 1.82) is 0 Å². The molecule has 0 unspecified atom stereocenters. The third-order valence-electron chi connectivity index (χ3n) is 4.84. The molecule has 1 aromatic carbocycles. The number of piperidine rings is 1. The molecule has 2 rings (SSSR count). The van der Waals surface area contributed by atoms with Gasteiger partial charge in [-0.15, -0.1) is 6.58 Å². The first-order valence-electron chi connectivity index (χ1n) is 8.97. The Bertz CT molecular complexity index is 543. The summed E-state index contributed by atoms with van der Waals surface area (Å²) in [4.78, 5) is 16.3. The number of amides is 2. The van der Waals surface area contributed by atoms with Crippen LogP contribution in [0.4, 0.5) is 4.79 Å². The summed E-state index contributed by atoms with van der Waals surface area (Å²) in [5, 5.41) is 2.84. The standard InChI is InChI=1S/C20H31N3O/c1-4-12-21-20(24)22(3)15-18-9-7-13-23(16-18)14-11-19-10-6-5-8-17(19)2/h4-6,8,10,18H,1,7,9,11-16H2,2-3H3,(H,21,24)/t18-/m1/s1. The highest BCUT2D eigenvalue weighted by Gasteiger charge is 2.22. The van der Waals surface area contributed by atoms with E-state index in [1.54, 1.807) is 11.0 Å². The lowest BCUT2D eigenvalue weighted by molar-refractivity contribution is 0.146. The van der Waals surface area contributed by atoms with Crippen LogP contribution in [0.1, 0.15) is 24.0 Å². The molecular weight excluding hydrogens is 298 g/mol. The Kier molecular flexibility index (Phi) is 7.32. The molecule has 0 aromatic heterocycles. The molecule has 1 heterocycles. The van der Waals surface area contributed by atoms with Gasteiger partial charge in [-0.2, -0.15) is 0 Å². The maximum Gasteiger partial charge on any atom is 0.317 e. The van der Waals surface area contributed by atoms with E-state index in [0.717, 1.165) is 26.1 Å². The van der Waals surface area contributed by atoms with Crippen molar-refractivity contribution in [3.05, 3.63) is 48.0 Å². The minimum absolute atomic E-state index is 0.00747. The van der Waals surface area contributed by atoms with Crippen molar-refractivity contribution in [2.24, 2.45) is 5.92 Å². The quantitative estimate of drug-likeness (QED) is 0.780. The van der Waals surface area contributed by atoms with E-state index in [0.29, 0.717) is 12.5 Å². The third-order valence-corrected chi connectivity index (χ3v) is 4.84. The number of carbonyl (C=O) groups is 1. The van der Waals surface area contributed by atoms with Crippen LogP contribution in [0.2, 0.25) is 0 Å². The zero-order valence-electron chi connectivity index (χ0n) is 15.1. The topological polar surface area (TPSA) is 35.6 Å². The van der Waals surface area contributed by atoms with Gasteiger partial charge in [0, 0.05) is 33.2 Å². The fraction of sp³-hybridized carbons (Fsp3) is 0.550. The summed E-state index contributed by atoms with van der Waals surface area (Å²) in [5.41, 5.74) is 2.82. The predicted octanol–water partition coefficient (Wildman–Crippen LogP) is 3.08. The highest BCUT2D eigenvalue weighted by Crippen LogP contribution is 2.18. The molecule has 4 heteroatoms. The van der Waals surface area contributed by atoms with E-state index in [2.05, 4.69) is 48.0 Å². The number of nitrogens with one attached hydrogen (secondary N) is 1. The second-order valence-electron chi connectivity index (χ2n) is 6.84. The first-order chi connectivity index (χ1) is 11.6. The SMILES string of the molecule is C=CCNC(=O)N(C)C[C@H]1CCCN(CCc2ccccc2C)C1. The Hall–Kier alpha value is -1.81. The maximum atomic E-state index is 12.0. The summed E-state index contributed by atoms with van der Waals surface area (Å²) in [6.07, 6.45) is 5.25. The van der Waals surface area contributed by atoms with Crippen LogP contribution in [-0.2, 0) is 6.42 Å². The summed E-state index contributed by atoms with van der Waals surface area (Å²) in [6, 6.07) is 8.63. The molecule has 4 nitrogen and oxygen atoms in total. The molecule has 132 valence electrons. The number of nitrogens with zero attached hydrogens (tertiary/aromatic N) is 2. The number of benzene rings is 1. The molecule has 1 aliphatic rings. The van der Waals surface area contributed by atoms with E-state index >= 15 is 0 Å². The minimum Gasteiger partial charge on any atom is -0.335 e. The lowest BCUT2D eigenvalue weighted by atomic mass is 9.97. The van der Waals surface area contributed by atoms with Gasteiger partial charge in [0.25, 0.3) is 0 Å². The van der Waals surface area contributed by atoms with Crippen molar-refractivity contribution in [2.45, 2.75) is 26.2 Å². The molecule has 0 radical (unpaired) electrons. The maximum absolute atomic E-state index is 12.0. The van der Waals surface area contributed by atoms with Gasteiger partial charge >= 0.3 is 6.03 Å². The first kappa shape index (κ1) is 18.5. The number of urea groups is 1. The molecular formula is C20H31N3O. The predicted molar refractivity (Wildman–Crippen MR) is 100 cm³/mol. The van der Waals surface area contributed by atoms with Crippen LogP contribution in [0.3, 0.4) is 0 Å². The van der Waals surface area contributed by atoms with Crippen LogP contribution in [0.15, 0.2) is 36.9 Å². The van der Waals surface area contributed by atoms with Crippen LogP contribution < -0.4 is 5.32 Å². The van der Waals surface area contributed by atoms with Gasteiger partial charge in [0.15, 0.2) is 0 Å². The van der Waals surface area contributed by atoms with Gasteiger partial charge < -0.3 is 15.1 Å². The van der Waals surface area contributed by atoms with E-state index in [9.17, 15) is 4.79 Å². The summed E-state index contributed by atoms with van der Waals surface area (Å²) >= 11 is 0. The molecule has 1 saturated heterocycles. The summed E-state index contributed by atoms with van der Waals surface area (Å²) in [5.74, 6) is 0.565. The highest BCUT2D eigenvalue weighted by atomic mass is 16.2. The summed E-state index contributed by atoms with van der Waals surface area (Å²) in [7, 11) is 1.88. The molecule has 0 aliphatic carbocycles. The van der Waals surface area contributed by atoms with E-state index < -0.39 is 0 Å². The fourth-order valence-electron chi connectivity index (χ4n) is 3.44. The van der Waals surface area contributed by atoms with Crippen LogP contribution in [0.5, 0.6) is 0 Å². The van der Waals surface area contributed by atoms with Gasteiger partial charge in [0.05, 0.1) is 0 Å². The van der Waals surface area contributed by atoms with Gasteiger partial charge in [-0.05, 0) is 49.8 Å². The number of carbonyl (C=O) groups excluding carboxylic acids is 1. The van der Waals surface area contributed by atoms with Crippen LogP contribution in [0.25, 0.3) is 0 Å². The Morgan fingerprint density at radius 2 is 2.25 bits per heavy atom. The Morgan fingerprint density at radius 3 is 3.00 bits per heavy atom.